The van der Waals surface area contributed by atoms with Crippen LogP contribution in [0.4, 0.5) is 0 Å². The van der Waals surface area contributed by atoms with Crippen molar-refractivity contribution in [2.24, 2.45) is 11.8 Å². The van der Waals surface area contributed by atoms with Gasteiger partial charge in [0.15, 0.2) is 0 Å². The molecule has 0 spiro atoms. The topological polar surface area (TPSA) is 45.8 Å². The standard InChI is InChI=1S/C12H17IN2O/c1-7(2)5-9-11(13)12(16)15-10(14-9)6-8-3-4-8/h7-8H,3-6H2,1-2H3,(H,14,15,16). The fourth-order valence-corrected chi connectivity index (χ4v) is 2.25. The highest BCUT2D eigenvalue weighted by Gasteiger charge is 2.23. The monoisotopic (exact) mass is 332 g/mol. The summed E-state index contributed by atoms with van der Waals surface area (Å²) in [5, 5.41) is 0. The van der Waals surface area contributed by atoms with E-state index < -0.39 is 0 Å². The van der Waals surface area contributed by atoms with Gasteiger partial charge in [0.2, 0.25) is 0 Å². The minimum absolute atomic E-state index is 0.0295. The highest BCUT2D eigenvalue weighted by atomic mass is 127. The molecule has 2 rings (SSSR count). The van der Waals surface area contributed by atoms with Gasteiger partial charge < -0.3 is 4.98 Å². The summed E-state index contributed by atoms with van der Waals surface area (Å²) in [7, 11) is 0. The second-order valence-corrected chi connectivity index (χ2v) is 6.10. The van der Waals surface area contributed by atoms with E-state index in [-0.39, 0.29) is 5.56 Å². The van der Waals surface area contributed by atoms with Gasteiger partial charge in [-0.2, -0.15) is 0 Å². The summed E-state index contributed by atoms with van der Waals surface area (Å²) in [6.07, 6.45) is 4.40. The van der Waals surface area contributed by atoms with Crippen LogP contribution in [-0.2, 0) is 12.8 Å². The molecule has 1 aromatic rings. The third kappa shape index (κ3) is 3.06. The first-order chi connectivity index (χ1) is 7.56. The van der Waals surface area contributed by atoms with E-state index in [0.717, 1.165) is 33.8 Å². The van der Waals surface area contributed by atoms with Crippen LogP contribution in [0.25, 0.3) is 0 Å². The van der Waals surface area contributed by atoms with Gasteiger partial charge in [0, 0.05) is 6.42 Å². The Hall–Kier alpha value is -0.390. The van der Waals surface area contributed by atoms with Gasteiger partial charge in [0.1, 0.15) is 5.82 Å². The number of rotatable bonds is 4. The van der Waals surface area contributed by atoms with E-state index >= 15 is 0 Å². The number of aromatic amines is 1. The SMILES string of the molecule is CC(C)Cc1nc(CC2CC2)[nH]c(=O)c1I. The minimum atomic E-state index is 0.0295. The van der Waals surface area contributed by atoms with E-state index in [1.54, 1.807) is 0 Å². The summed E-state index contributed by atoms with van der Waals surface area (Å²) in [4.78, 5) is 19.2. The van der Waals surface area contributed by atoms with Gasteiger partial charge >= 0.3 is 0 Å². The lowest BCUT2D eigenvalue weighted by Crippen LogP contribution is -2.19. The summed E-state index contributed by atoms with van der Waals surface area (Å²) in [5.41, 5.74) is 0.997. The Morgan fingerprint density at radius 3 is 2.75 bits per heavy atom. The Morgan fingerprint density at radius 1 is 1.50 bits per heavy atom. The zero-order chi connectivity index (χ0) is 11.7. The Morgan fingerprint density at radius 2 is 2.19 bits per heavy atom. The summed E-state index contributed by atoms with van der Waals surface area (Å²) in [5.74, 6) is 2.18. The number of H-pyrrole nitrogens is 1. The van der Waals surface area contributed by atoms with Gasteiger partial charge in [-0.05, 0) is 53.7 Å². The molecule has 0 amide bonds. The largest absolute Gasteiger partial charge is 0.310 e. The van der Waals surface area contributed by atoms with Gasteiger partial charge in [-0.15, -0.1) is 0 Å². The van der Waals surface area contributed by atoms with E-state index in [1.165, 1.54) is 12.8 Å². The Labute approximate surface area is 109 Å². The first-order valence-corrected chi connectivity index (χ1v) is 6.91. The molecule has 16 heavy (non-hydrogen) atoms. The molecule has 1 heterocycles. The second-order valence-electron chi connectivity index (χ2n) is 5.02. The molecule has 1 aromatic heterocycles. The van der Waals surface area contributed by atoms with Crippen LogP contribution in [0.3, 0.4) is 0 Å². The van der Waals surface area contributed by atoms with Crippen LogP contribution in [0, 0.1) is 15.4 Å². The first kappa shape index (κ1) is 12.1. The van der Waals surface area contributed by atoms with Crippen LogP contribution in [0.15, 0.2) is 4.79 Å². The molecule has 0 aromatic carbocycles. The third-order valence-corrected chi connectivity index (χ3v) is 3.87. The van der Waals surface area contributed by atoms with Crippen molar-refractivity contribution in [3.8, 4) is 0 Å². The number of nitrogens with zero attached hydrogens (tertiary/aromatic N) is 1. The van der Waals surface area contributed by atoms with E-state index in [1.807, 2.05) is 0 Å². The predicted molar refractivity (Wildman–Crippen MR) is 72.5 cm³/mol. The number of aromatic nitrogens is 2. The Kier molecular flexibility index (Phi) is 3.66. The summed E-state index contributed by atoms with van der Waals surface area (Å²) >= 11 is 2.10. The molecule has 0 atom stereocenters. The van der Waals surface area contributed by atoms with Gasteiger partial charge in [0.05, 0.1) is 9.26 Å². The van der Waals surface area contributed by atoms with Crippen molar-refractivity contribution < 1.29 is 0 Å². The Bertz CT molecular complexity index is 435. The maximum absolute atomic E-state index is 11.7. The van der Waals surface area contributed by atoms with Gasteiger partial charge in [-0.25, -0.2) is 4.98 Å². The third-order valence-electron chi connectivity index (χ3n) is 2.76. The minimum Gasteiger partial charge on any atom is -0.310 e. The van der Waals surface area contributed by atoms with Crippen molar-refractivity contribution in [3.05, 3.63) is 25.4 Å². The molecular weight excluding hydrogens is 315 g/mol. The highest BCUT2D eigenvalue weighted by Crippen LogP contribution is 2.31. The summed E-state index contributed by atoms with van der Waals surface area (Å²) in [6.45, 7) is 4.30. The van der Waals surface area contributed by atoms with Crippen LogP contribution in [0.5, 0.6) is 0 Å². The molecule has 0 aliphatic heterocycles. The second kappa shape index (κ2) is 4.85. The van der Waals surface area contributed by atoms with E-state index in [0.29, 0.717) is 5.92 Å². The number of hydrogen-bond acceptors (Lipinski definition) is 2. The predicted octanol–water partition coefficient (Wildman–Crippen LogP) is 2.53. The molecule has 1 fully saturated rings. The average Bonchev–Trinajstić information content (AvgIpc) is 2.96. The zero-order valence-corrected chi connectivity index (χ0v) is 11.9. The fraction of sp³-hybridized carbons (Fsp3) is 0.667. The maximum atomic E-state index is 11.7. The lowest BCUT2D eigenvalue weighted by Gasteiger charge is -2.08. The molecule has 4 heteroatoms. The van der Waals surface area contributed by atoms with Crippen LogP contribution in [0.1, 0.15) is 38.2 Å². The normalized spacial score (nSPS) is 15.8. The van der Waals surface area contributed by atoms with Gasteiger partial charge in [-0.1, -0.05) is 13.8 Å². The first-order valence-electron chi connectivity index (χ1n) is 5.84. The molecule has 0 unspecified atom stereocenters. The molecule has 1 N–H and O–H groups in total. The molecule has 88 valence electrons. The van der Waals surface area contributed by atoms with Crippen LogP contribution in [0.2, 0.25) is 0 Å². The number of hydrogen-bond donors (Lipinski definition) is 1. The molecule has 0 saturated heterocycles. The molecule has 0 bridgehead atoms. The van der Waals surface area contributed by atoms with Gasteiger partial charge in [0.25, 0.3) is 5.56 Å². The van der Waals surface area contributed by atoms with Crippen molar-refractivity contribution in [2.45, 2.75) is 39.5 Å². The fourth-order valence-electron chi connectivity index (χ4n) is 1.77. The highest BCUT2D eigenvalue weighted by molar-refractivity contribution is 14.1. The van der Waals surface area contributed by atoms with Crippen molar-refractivity contribution in [1.82, 2.24) is 9.97 Å². The number of halogens is 1. The van der Waals surface area contributed by atoms with E-state index in [4.69, 9.17) is 0 Å². The molecule has 3 nitrogen and oxygen atoms in total. The maximum Gasteiger partial charge on any atom is 0.264 e. The van der Waals surface area contributed by atoms with Crippen molar-refractivity contribution >= 4 is 22.6 Å². The zero-order valence-electron chi connectivity index (χ0n) is 9.72. The molecule has 1 aliphatic carbocycles. The number of nitrogens with one attached hydrogen (secondary N) is 1. The van der Waals surface area contributed by atoms with Crippen molar-refractivity contribution in [1.29, 1.82) is 0 Å². The summed E-state index contributed by atoms with van der Waals surface area (Å²) in [6, 6.07) is 0. The van der Waals surface area contributed by atoms with E-state index in [9.17, 15) is 4.79 Å². The molecule has 0 radical (unpaired) electrons. The average molecular weight is 332 g/mol. The lowest BCUT2D eigenvalue weighted by molar-refractivity contribution is 0.622. The van der Waals surface area contributed by atoms with Crippen LogP contribution in [-0.4, -0.2) is 9.97 Å². The van der Waals surface area contributed by atoms with Crippen molar-refractivity contribution in [2.75, 3.05) is 0 Å². The van der Waals surface area contributed by atoms with Gasteiger partial charge in [-0.3, -0.25) is 4.79 Å². The molecular formula is C12H17IN2O. The summed E-state index contributed by atoms with van der Waals surface area (Å²) < 4.78 is 0.755. The quantitative estimate of drug-likeness (QED) is 0.862. The smallest absolute Gasteiger partial charge is 0.264 e. The van der Waals surface area contributed by atoms with Crippen LogP contribution < -0.4 is 5.56 Å². The Balaban J connectivity index is 2.26. The molecule has 1 saturated carbocycles. The van der Waals surface area contributed by atoms with Crippen molar-refractivity contribution in [3.63, 3.8) is 0 Å². The van der Waals surface area contributed by atoms with Crippen LogP contribution >= 0.6 is 22.6 Å². The lowest BCUT2D eigenvalue weighted by atomic mass is 10.1. The molecule has 1 aliphatic rings. The van der Waals surface area contributed by atoms with E-state index in [2.05, 4.69) is 46.4 Å².